The first-order valence-electron chi connectivity index (χ1n) is 7.08. The van der Waals surface area contributed by atoms with E-state index in [2.05, 4.69) is 12.2 Å². The van der Waals surface area contributed by atoms with Crippen molar-refractivity contribution in [1.82, 2.24) is 5.32 Å². The molecule has 0 heterocycles. The third-order valence-corrected chi connectivity index (χ3v) is 3.08. The maximum atomic E-state index is 14.2. The van der Waals surface area contributed by atoms with E-state index in [-0.39, 0.29) is 6.80 Å². The van der Waals surface area contributed by atoms with Crippen molar-refractivity contribution >= 4 is 0 Å². The number of nitrogens with one attached hydrogen (secondary N) is 1. The molecule has 0 amide bonds. The molecule has 2 rings (SSSR count). The summed E-state index contributed by atoms with van der Waals surface area (Å²) in [5.41, 5.74) is -0.564. The average molecular weight is 279 g/mol. The Hall–Kier alpha value is -1.48. The fourth-order valence-electron chi connectivity index (χ4n) is 1.89. The summed E-state index contributed by atoms with van der Waals surface area (Å²) < 4.78 is 25.4. The summed E-state index contributed by atoms with van der Waals surface area (Å²) in [4.78, 5) is 0. The number of benzene rings is 1. The monoisotopic (exact) mass is 279 g/mol. The Labute approximate surface area is 120 Å². The average Bonchev–Trinajstić information content (AvgIpc) is 2.50. The van der Waals surface area contributed by atoms with E-state index in [4.69, 9.17) is 0 Å². The van der Waals surface area contributed by atoms with Crippen molar-refractivity contribution < 1.29 is 8.78 Å². The Balaban J connectivity index is 0.000000246. The highest BCUT2D eigenvalue weighted by Crippen LogP contribution is 2.33. The molecule has 0 spiro atoms. The van der Waals surface area contributed by atoms with E-state index in [9.17, 15) is 8.78 Å². The molecule has 0 bridgehead atoms. The normalized spacial score (nSPS) is 20.4. The molecule has 3 heteroatoms. The highest BCUT2D eigenvalue weighted by atomic mass is 19.1. The van der Waals surface area contributed by atoms with E-state index < -0.39 is 5.67 Å². The van der Waals surface area contributed by atoms with Crippen molar-refractivity contribution in [2.75, 3.05) is 13.3 Å². The molecular weight excluding hydrogens is 256 g/mol. The number of hydrogen-bond donors (Lipinski definition) is 1. The van der Waals surface area contributed by atoms with Gasteiger partial charge in [0.05, 0.1) is 0 Å². The van der Waals surface area contributed by atoms with E-state index >= 15 is 0 Å². The minimum atomic E-state index is -1.30. The minimum Gasteiger partial charge on any atom is -0.290 e. The van der Waals surface area contributed by atoms with Gasteiger partial charge < -0.3 is 0 Å². The van der Waals surface area contributed by atoms with Gasteiger partial charge in [-0.2, -0.15) is 0 Å². The molecule has 0 fully saturated rings. The number of rotatable bonds is 5. The number of alkyl halides is 2. The molecule has 1 N–H and O–H groups in total. The summed E-state index contributed by atoms with van der Waals surface area (Å²) in [5.74, 6) is 0. The second-order valence-corrected chi connectivity index (χ2v) is 4.71. The Morgan fingerprint density at radius 3 is 2.50 bits per heavy atom. The topological polar surface area (TPSA) is 12.0 Å². The van der Waals surface area contributed by atoms with Crippen LogP contribution in [0.25, 0.3) is 0 Å². The molecular formula is C17H23F2N. The molecule has 0 aromatic heterocycles. The van der Waals surface area contributed by atoms with Crippen LogP contribution in [0, 0.1) is 0 Å². The molecule has 1 unspecified atom stereocenters. The quantitative estimate of drug-likeness (QED) is 0.610. The van der Waals surface area contributed by atoms with Crippen molar-refractivity contribution in [3.05, 3.63) is 60.2 Å². The predicted octanol–water partition coefficient (Wildman–Crippen LogP) is 4.67. The fraction of sp³-hybridized carbons (Fsp3) is 0.412. The highest BCUT2D eigenvalue weighted by molar-refractivity contribution is 5.32. The zero-order valence-corrected chi connectivity index (χ0v) is 12.0. The first-order chi connectivity index (χ1) is 9.73. The minimum absolute atomic E-state index is 0.389. The lowest BCUT2D eigenvalue weighted by Gasteiger charge is -2.22. The third-order valence-electron chi connectivity index (χ3n) is 3.08. The van der Waals surface area contributed by atoms with Gasteiger partial charge in [0.25, 0.3) is 0 Å². The molecule has 1 aromatic carbocycles. The summed E-state index contributed by atoms with van der Waals surface area (Å²) in [6, 6.07) is 9.27. The van der Waals surface area contributed by atoms with Gasteiger partial charge in [-0.1, -0.05) is 61.9 Å². The van der Waals surface area contributed by atoms with Gasteiger partial charge in [0, 0.05) is 6.42 Å². The van der Waals surface area contributed by atoms with Crippen LogP contribution in [0.5, 0.6) is 0 Å². The predicted molar refractivity (Wildman–Crippen MR) is 81.0 cm³/mol. The molecule has 1 aliphatic carbocycles. The lowest BCUT2D eigenvalue weighted by atomic mass is 9.89. The largest absolute Gasteiger partial charge is 0.290 e. The SMILES string of the molecule is CCCCNCF.FC1(c2ccccc2)C=CC=CC1. The molecule has 1 nitrogen and oxygen atoms in total. The summed E-state index contributed by atoms with van der Waals surface area (Å²) in [5, 5.41) is 2.58. The van der Waals surface area contributed by atoms with E-state index in [0.717, 1.165) is 24.9 Å². The van der Waals surface area contributed by atoms with E-state index in [1.807, 2.05) is 42.5 Å². The summed E-state index contributed by atoms with van der Waals surface area (Å²) in [6.07, 6.45) is 9.75. The van der Waals surface area contributed by atoms with Crippen LogP contribution in [0.1, 0.15) is 31.7 Å². The Morgan fingerprint density at radius 1 is 1.20 bits per heavy atom. The third kappa shape index (κ3) is 5.66. The summed E-state index contributed by atoms with van der Waals surface area (Å²) in [6.45, 7) is 2.51. The molecule has 0 radical (unpaired) electrons. The number of allylic oxidation sites excluding steroid dienone is 4. The van der Waals surface area contributed by atoms with Crippen LogP contribution < -0.4 is 5.32 Å². The molecule has 1 aromatic rings. The molecule has 0 aliphatic heterocycles. The van der Waals surface area contributed by atoms with Crippen molar-refractivity contribution in [1.29, 1.82) is 0 Å². The van der Waals surface area contributed by atoms with Crippen LogP contribution in [0.15, 0.2) is 54.6 Å². The smallest absolute Gasteiger partial charge is 0.157 e. The molecule has 1 aliphatic rings. The Kier molecular flexibility index (Phi) is 7.81. The van der Waals surface area contributed by atoms with Gasteiger partial charge in [-0.25, -0.2) is 8.78 Å². The second-order valence-electron chi connectivity index (χ2n) is 4.71. The van der Waals surface area contributed by atoms with Crippen molar-refractivity contribution in [3.63, 3.8) is 0 Å². The lowest BCUT2D eigenvalue weighted by Crippen LogP contribution is -2.17. The zero-order valence-electron chi connectivity index (χ0n) is 12.0. The van der Waals surface area contributed by atoms with Crippen LogP contribution >= 0.6 is 0 Å². The van der Waals surface area contributed by atoms with Crippen LogP contribution in [-0.2, 0) is 5.67 Å². The summed E-state index contributed by atoms with van der Waals surface area (Å²) in [7, 11) is 0. The van der Waals surface area contributed by atoms with Crippen LogP contribution in [0.4, 0.5) is 8.78 Å². The number of unbranched alkanes of at least 4 members (excludes halogenated alkanes) is 1. The standard InChI is InChI=1S/C12H11F.C5H12FN/c13-12(9-5-2-6-10-12)11-7-3-1-4-8-11;1-2-3-4-7-5-6/h1-9H,10H2;7H,2-5H2,1H3. The highest BCUT2D eigenvalue weighted by Gasteiger charge is 2.27. The summed E-state index contributed by atoms with van der Waals surface area (Å²) >= 11 is 0. The lowest BCUT2D eigenvalue weighted by molar-refractivity contribution is 0.236. The Bertz CT molecular complexity index is 410. The number of halogens is 2. The maximum absolute atomic E-state index is 14.2. The van der Waals surface area contributed by atoms with Gasteiger partial charge in [-0.15, -0.1) is 0 Å². The van der Waals surface area contributed by atoms with Gasteiger partial charge in [-0.3, -0.25) is 5.32 Å². The maximum Gasteiger partial charge on any atom is 0.157 e. The van der Waals surface area contributed by atoms with Crippen molar-refractivity contribution in [2.45, 2.75) is 31.9 Å². The van der Waals surface area contributed by atoms with Gasteiger partial charge in [-0.05, 0) is 24.6 Å². The van der Waals surface area contributed by atoms with Crippen LogP contribution in [-0.4, -0.2) is 13.3 Å². The van der Waals surface area contributed by atoms with E-state index in [1.165, 1.54) is 0 Å². The van der Waals surface area contributed by atoms with Gasteiger partial charge >= 0.3 is 0 Å². The molecule has 110 valence electrons. The van der Waals surface area contributed by atoms with Crippen LogP contribution in [0.3, 0.4) is 0 Å². The van der Waals surface area contributed by atoms with Crippen molar-refractivity contribution in [3.8, 4) is 0 Å². The zero-order chi connectivity index (χ0) is 14.7. The van der Waals surface area contributed by atoms with E-state index in [0.29, 0.717) is 6.42 Å². The van der Waals surface area contributed by atoms with Crippen LogP contribution in [0.2, 0.25) is 0 Å². The second kappa shape index (κ2) is 9.43. The molecule has 1 atom stereocenters. The first kappa shape index (κ1) is 16.6. The van der Waals surface area contributed by atoms with Gasteiger partial charge in [0.1, 0.15) is 6.80 Å². The van der Waals surface area contributed by atoms with Gasteiger partial charge in [0.15, 0.2) is 5.67 Å². The van der Waals surface area contributed by atoms with E-state index in [1.54, 1.807) is 12.2 Å². The fourth-order valence-corrected chi connectivity index (χ4v) is 1.89. The molecule has 20 heavy (non-hydrogen) atoms. The molecule has 0 saturated heterocycles. The number of hydrogen-bond acceptors (Lipinski definition) is 1. The molecule has 0 saturated carbocycles. The first-order valence-corrected chi connectivity index (χ1v) is 7.08. The van der Waals surface area contributed by atoms with Gasteiger partial charge in [0.2, 0.25) is 0 Å². The van der Waals surface area contributed by atoms with Crippen molar-refractivity contribution in [2.24, 2.45) is 0 Å². The Morgan fingerprint density at radius 2 is 1.95 bits per heavy atom.